The highest BCUT2D eigenvalue weighted by molar-refractivity contribution is 5.96. The first-order valence-corrected chi connectivity index (χ1v) is 8.25. The molecule has 0 radical (unpaired) electrons. The van der Waals surface area contributed by atoms with Crippen molar-refractivity contribution in [3.05, 3.63) is 66.5 Å². The zero-order chi connectivity index (χ0) is 17.6. The molecule has 1 heterocycles. The second-order valence-electron chi connectivity index (χ2n) is 5.79. The molecule has 2 aromatic carbocycles. The zero-order valence-corrected chi connectivity index (χ0v) is 14.3. The number of carbonyl (C=O) groups excluding carboxylic acids is 1. The molecular formula is C20H21N3O2. The number of anilines is 1. The molecule has 5 nitrogen and oxygen atoms in total. The highest BCUT2D eigenvalue weighted by Crippen LogP contribution is 2.25. The Hall–Kier alpha value is -3.08. The van der Waals surface area contributed by atoms with Gasteiger partial charge in [0.15, 0.2) is 0 Å². The van der Waals surface area contributed by atoms with E-state index in [0.717, 1.165) is 34.5 Å². The molecule has 0 fully saturated rings. The molecular weight excluding hydrogens is 314 g/mol. The smallest absolute Gasteiger partial charge is 0.231 e. The van der Waals surface area contributed by atoms with Gasteiger partial charge in [0.05, 0.1) is 19.2 Å². The highest BCUT2D eigenvalue weighted by Gasteiger charge is 2.18. The fraction of sp³-hybridized carbons (Fsp3) is 0.200. The van der Waals surface area contributed by atoms with E-state index >= 15 is 0 Å². The van der Waals surface area contributed by atoms with Crippen LogP contribution < -0.4 is 10.1 Å². The number of hydrogen-bond acceptors (Lipinski definition) is 3. The molecule has 0 aliphatic heterocycles. The Balaban J connectivity index is 1.71. The lowest BCUT2D eigenvalue weighted by molar-refractivity contribution is -0.117. The maximum atomic E-state index is 12.7. The summed E-state index contributed by atoms with van der Waals surface area (Å²) in [5, 5.41) is 9.74. The molecule has 128 valence electrons. The number of nitrogens with one attached hydrogen (secondary N) is 2. The van der Waals surface area contributed by atoms with Gasteiger partial charge in [-0.25, -0.2) is 0 Å². The van der Waals surface area contributed by atoms with Crippen LogP contribution in [0, 0.1) is 0 Å². The SMILES string of the molecule is CCC(C(=O)Nc1ccc(-c2cn[nH]c2)cc1)c1ccc(OC)cc1. The van der Waals surface area contributed by atoms with Gasteiger partial charge in [-0.2, -0.15) is 5.10 Å². The van der Waals surface area contributed by atoms with E-state index in [9.17, 15) is 4.79 Å². The number of nitrogens with zero attached hydrogens (tertiary/aromatic N) is 1. The van der Waals surface area contributed by atoms with Crippen LogP contribution in [0.15, 0.2) is 60.9 Å². The first kappa shape index (κ1) is 16.8. The van der Waals surface area contributed by atoms with Gasteiger partial charge in [-0.15, -0.1) is 0 Å². The normalized spacial score (nSPS) is 11.8. The molecule has 2 N–H and O–H groups in total. The van der Waals surface area contributed by atoms with Crippen molar-refractivity contribution in [3.63, 3.8) is 0 Å². The third kappa shape index (κ3) is 3.88. The predicted octanol–water partition coefficient (Wildman–Crippen LogP) is 4.22. The summed E-state index contributed by atoms with van der Waals surface area (Å²) in [5.41, 5.74) is 3.83. The molecule has 1 unspecified atom stereocenters. The quantitative estimate of drug-likeness (QED) is 0.709. The molecule has 0 saturated carbocycles. The minimum Gasteiger partial charge on any atom is -0.497 e. The van der Waals surface area contributed by atoms with Gasteiger partial charge in [-0.1, -0.05) is 31.2 Å². The van der Waals surface area contributed by atoms with Crippen molar-refractivity contribution in [2.24, 2.45) is 0 Å². The average molecular weight is 335 g/mol. The summed E-state index contributed by atoms with van der Waals surface area (Å²) in [4.78, 5) is 12.7. The number of carbonyl (C=O) groups is 1. The molecule has 5 heteroatoms. The van der Waals surface area contributed by atoms with E-state index in [0.29, 0.717) is 0 Å². The van der Waals surface area contributed by atoms with Crippen LogP contribution in [0.4, 0.5) is 5.69 Å². The lowest BCUT2D eigenvalue weighted by Crippen LogP contribution is -2.20. The molecule has 3 aromatic rings. The van der Waals surface area contributed by atoms with E-state index < -0.39 is 0 Å². The lowest BCUT2D eigenvalue weighted by atomic mass is 9.95. The first-order valence-electron chi connectivity index (χ1n) is 8.25. The van der Waals surface area contributed by atoms with Crippen LogP contribution in [0.3, 0.4) is 0 Å². The maximum absolute atomic E-state index is 12.7. The molecule has 25 heavy (non-hydrogen) atoms. The Bertz CT molecular complexity index is 809. The van der Waals surface area contributed by atoms with Gasteiger partial charge in [0.1, 0.15) is 5.75 Å². The van der Waals surface area contributed by atoms with Crippen LogP contribution in [0.25, 0.3) is 11.1 Å². The number of rotatable bonds is 6. The average Bonchev–Trinajstić information content (AvgIpc) is 3.18. The number of hydrogen-bond donors (Lipinski definition) is 2. The number of benzene rings is 2. The predicted molar refractivity (Wildman–Crippen MR) is 98.7 cm³/mol. The fourth-order valence-electron chi connectivity index (χ4n) is 2.79. The lowest BCUT2D eigenvalue weighted by Gasteiger charge is -2.16. The van der Waals surface area contributed by atoms with Crippen LogP contribution in [0.5, 0.6) is 5.75 Å². The molecule has 0 saturated heterocycles. The van der Waals surface area contributed by atoms with E-state index in [-0.39, 0.29) is 11.8 Å². The van der Waals surface area contributed by atoms with Crippen molar-refractivity contribution in [2.75, 3.05) is 12.4 Å². The molecule has 1 aromatic heterocycles. The molecule has 3 rings (SSSR count). The van der Waals surface area contributed by atoms with Gasteiger partial charge >= 0.3 is 0 Å². The van der Waals surface area contributed by atoms with Gasteiger partial charge < -0.3 is 10.1 Å². The maximum Gasteiger partial charge on any atom is 0.231 e. The molecule has 0 aliphatic rings. The largest absolute Gasteiger partial charge is 0.497 e. The topological polar surface area (TPSA) is 67.0 Å². The molecule has 1 amide bonds. The Labute approximate surface area is 147 Å². The summed E-state index contributed by atoms with van der Waals surface area (Å²) in [6, 6.07) is 15.4. The minimum absolute atomic E-state index is 0.0104. The Morgan fingerprint density at radius 1 is 1.12 bits per heavy atom. The first-order chi connectivity index (χ1) is 12.2. The number of aromatic amines is 1. The van der Waals surface area contributed by atoms with Crippen LogP contribution in [0.1, 0.15) is 24.8 Å². The van der Waals surface area contributed by atoms with Gasteiger partial charge in [-0.3, -0.25) is 9.89 Å². The standard InChI is InChI=1S/C20H21N3O2/c1-3-19(15-6-10-18(25-2)11-7-15)20(24)23-17-8-4-14(5-9-17)16-12-21-22-13-16/h4-13,19H,3H2,1-2H3,(H,21,22)(H,23,24). The monoisotopic (exact) mass is 335 g/mol. The number of aromatic nitrogens is 2. The van der Waals surface area contributed by atoms with Gasteiger partial charge in [0.2, 0.25) is 5.91 Å². The number of methoxy groups -OCH3 is 1. The van der Waals surface area contributed by atoms with E-state index in [4.69, 9.17) is 4.74 Å². The second-order valence-corrected chi connectivity index (χ2v) is 5.79. The molecule has 0 bridgehead atoms. The summed E-state index contributed by atoms with van der Waals surface area (Å²) in [6.45, 7) is 2.01. The number of amides is 1. The molecule has 1 atom stereocenters. The van der Waals surface area contributed by atoms with Gasteiger partial charge in [-0.05, 0) is 41.8 Å². The summed E-state index contributed by atoms with van der Waals surface area (Å²) in [5.74, 6) is 0.581. The summed E-state index contributed by atoms with van der Waals surface area (Å²) in [7, 11) is 1.63. The van der Waals surface area contributed by atoms with Crippen LogP contribution in [0.2, 0.25) is 0 Å². The minimum atomic E-state index is -0.195. The van der Waals surface area contributed by atoms with Crippen LogP contribution >= 0.6 is 0 Å². The van der Waals surface area contributed by atoms with Gasteiger partial charge in [0.25, 0.3) is 0 Å². The number of H-pyrrole nitrogens is 1. The van der Waals surface area contributed by atoms with Crippen molar-refractivity contribution in [3.8, 4) is 16.9 Å². The van der Waals surface area contributed by atoms with Crippen LogP contribution in [-0.4, -0.2) is 23.2 Å². The Morgan fingerprint density at radius 2 is 1.84 bits per heavy atom. The van der Waals surface area contributed by atoms with Crippen molar-refractivity contribution in [1.29, 1.82) is 0 Å². The summed E-state index contributed by atoms with van der Waals surface area (Å²) >= 11 is 0. The Morgan fingerprint density at radius 3 is 2.40 bits per heavy atom. The van der Waals surface area contributed by atoms with E-state index in [1.807, 2.05) is 61.7 Å². The van der Waals surface area contributed by atoms with Crippen molar-refractivity contribution in [1.82, 2.24) is 10.2 Å². The highest BCUT2D eigenvalue weighted by atomic mass is 16.5. The van der Waals surface area contributed by atoms with Crippen LogP contribution in [-0.2, 0) is 4.79 Å². The fourth-order valence-corrected chi connectivity index (χ4v) is 2.79. The van der Waals surface area contributed by atoms with E-state index in [1.54, 1.807) is 13.3 Å². The summed E-state index contributed by atoms with van der Waals surface area (Å²) < 4.78 is 5.17. The number of ether oxygens (including phenoxy) is 1. The van der Waals surface area contributed by atoms with Crippen molar-refractivity contribution in [2.45, 2.75) is 19.3 Å². The zero-order valence-electron chi connectivity index (χ0n) is 14.3. The molecule has 0 spiro atoms. The van der Waals surface area contributed by atoms with Gasteiger partial charge in [0, 0.05) is 17.4 Å². The third-order valence-corrected chi connectivity index (χ3v) is 4.23. The Kier molecular flexibility index (Phi) is 5.14. The summed E-state index contributed by atoms with van der Waals surface area (Å²) in [6.07, 6.45) is 4.33. The van der Waals surface area contributed by atoms with Crippen molar-refractivity contribution >= 4 is 11.6 Å². The second kappa shape index (κ2) is 7.66. The van der Waals surface area contributed by atoms with Crippen molar-refractivity contribution < 1.29 is 9.53 Å². The third-order valence-electron chi connectivity index (χ3n) is 4.23. The van der Waals surface area contributed by atoms with E-state index in [2.05, 4.69) is 15.5 Å². The molecule has 0 aliphatic carbocycles. The van der Waals surface area contributed by atoms with E-state index in [1.165, 1.54) is 0 Å².